The van der Waals surface area contributed by atoms with E-state index in [1.807, 2.05) is 0 Å². The van der Waals surface area contributed by atoms with E-state index in [1.165, 1.54) is 0 Å². The molecule has 10 heavy (non-hydrogen) atoms. The first-order valence-corrected chi connectivity index (χ1v) is 3.54. The van der Waals surface area contributed by atoms with Gasteiger partial charge >= 0.3 is 5.97 Å². The Labute approximate surface area is 66.7 Å². The summed E-state index contributed by atoms with van der Waals surface area (Å²) < 4.78 is 0.383. The Kier molecular flexibility index (Phi) is 4.92. The van der Waals surface area contributed by atoms with Gasteiger partial charge in [-0.2, -0.15) is 0 Å². The zero-order valence-electron chi connectivity index (χ0n) is 5.25. The number of oxime groups is 1. The Morgan fingerprint density at radius 2 is 2.10 bits per heavy atom. The van der Waals surface area contributed by atoms with Crippen molar-refractivity contribution < 1.29 is 15.1 Å². The Hall–Kier alpha value is -0.580. The summed E-state index contributed by atoms with van der Waals surface area (Å²) in [6.07, 6.45) is 1.05. The van der Waals surface area contributed by atoms with Gasteiger partial charge in [0.1, 0.15) is 4.62 Å². The summed E-state index contributed by atoms with van der Waals surface area (Å²) >= 11 is 2.93. The minimum atomic E-state index is -0.835. The highest BCUT2D eigenvalue weighted by Gasteiger charge is 1.98. The first-order chi connectivity index (χ1) is 4.66. The first kappa shape index (κ1) is 9.42. The van der Waals surface area contributed by atoms with Crippen LogP contribution in [0.15, 0.2) is 5.16 Å². The summed E-state index contributed by atoms with van der Waals surface area (Å²) in [5.74, 6) is -0.835. The fourth-order valence-electron chi connectivity index (χ4n) is 0.435. The molecule has 0 aliphatic rings. The maximum Gasteiger partial charge on any atom is 0.303 e. The summed E-state index contributed by atoms with van der Waals surface area (Å²) in [6.45, 7) is 0. The summed E-state index contributed by atoms with van der Waals surface area (Å²) in [4.78, 5) is 9.95. The van der Waals surface area contributed by atoms with E-state index in [1.54, 1.807) is 0 Å². The molecule has 0 atom stereocenters. The molecule has 0 aromatic heterocycles. The van der Waals surface area contributed by atoms with Gasteiger partial charge in [0, 0.05) is 12.8 Å². The molecule has 0 fully saturated rings. The van der Waals surface area contributed by atoms with Crippen LogP contribution in [0.2, 0.25) is 0 Å². The van der Waals surface area contributed by atoms with Crippen molar-refractivity contribution in [3.05, 3.63) is 0 Å². The smallest absolute Gasteiger partial charge is 0.303 e. The summed E-state index contributed by atoms with van der Waals surface area (Å²) in [7, 11) is 0. The number of aliphatic carboxylic acids is 1. The Bertz CT molecular complexity index is 146. The van der Waals surface area contributed by atoms with Gasteiger partial charge in [0.25, 0.3) is 0 Å². The third-order valence-electron chi connectivity index (χ3n) is 0.882. The minimum absolute atomic E-state index is 0.102. The molecule has 0 bridgehead atoms. The van der Waals surface area contributed by atoms with Crippen LogP contribution < -0.4 is 0 Å². The molecular weight excluding hydrogens is 202 g/mol. The normalized spacial score (nSPS) is 11.5. The second-order valence-corrected chi connectivity index (χ2v) is 2.64. The number of halogens is 1. The molecule has 0 saturated carbocycles. The van der Waals surface area contributed by atoms with Gasteiger partial charge < -0.3 is 10.3 Å². The average Bonchev–Trinajstić information content (AvgIpc) is 1.87. The van der Waals surface area contributed by atoms with Crippen LogP contribution in [0.5, 0.6) is 0 Å². The Morgan fingerprint density at radius 1 is 1.50 bits per heavy atom. The lowest BCUT2D eigenvalue weighted by molar-refractivity contribution is -0.137. The van der Waals surface area contributed by atoms with Crippen molar-refractivity contribution in [1.82, 2.24) is 0 Å². The lowest BCUT2D eigenvalue weighted by Crippen LogP contribution is -1.95. The van der Waals surface area contributed by atoms with Gasteiger partial charge in [-0.3, -0.25) is 4.79 Å². The molecule has 0 aromatic carbocycles. The predicted molar refractivity (Wildman–Crippen MR) is 39.6 cm³/mol. The standard InChI is InChI=1S/C5H8BrNO3/c6-4(7-10)2-1-3-5(8)9/h10H,1-3H2,(H,8,9). The van der Waals surface area contributed by atoms with Crippen molar-refractivity contribution in [2.24, 2.45) is 5.16 Å². The van der Waals surface area contributed by atoms with Gasteiger partial charge in [-0.15, -0.1) is 0 Å². The highest BCUT2D eigenvalue weighted by molar-refractivity contribution is 9.18. The Morgan fingerprint density at radius 3 is 2.50 bits per heavy atom. The summed E-state index contributed by atoms with van der Waals surface area (Å²) in [5, 5.41) is 19.1. The highest BCUT2D eigenvalue weighted by atomic mass is 79.9. The van der Waals surface area contributed by atoms with E-state index in [2.05, 4.69) is 21.1 Å². The van der Waals surface area contributed by atoms with Gasteiger partial charge in [0.05, 0.1) is 0 Å². The van der Waals surface area contributed by atoms with Crippen LogP contribution in [0.4, 0.5) is 0 Å². The lowest BCUT2D eigenvalue weighted by atomic mass is 10.2. The van der Waals surface area contributed by atoms with Crippen molar-refractivity contribution in [3.8, 4) is 0 Å². The van der Waals surface area contributed by atoms with Crippen molar-refractivity contribution in [3.63, 3.8) is 0 Å². The quantitative estimate of drug-likeness (QED) is 0.418. The van der Waals surface area contributed by atoms with Crippen LogP contribution in [0.3, 0.4) is 0 Å². The zero-order chi connectivity index (χ0) is 7.98. The summed E-state index contributed by atoms with van der Waals surface area (Å²) in [6, 6.07) is 0. The monoisotopic (exact) mass is 209 g/mol. The summed E-state index contributed by atoms with van der Waals surface area (Å²) in [5.41, 5.74) is 0. The largest absolute Gasteiger partial charge is 0.481 e. The van der Waals surface area contributed by atoms with E-state index in [0.29, 0.717) is 17.5 Å². The minimum Gasteiger partial charge on any atom is -0.481 e. The maximum absolute atomic E-state index is 9.95. The molecule has 0 unspecified atom stereocenters. The van der Waals surface area contributed by atoms with E-state index < -0.39 is 5.97 Å². The average molecular weight is 210 g/mol. The maximum atomic E-state index is 9.95. The van der Waals surface area contributed by atoms with Crippen molar-refractivity contribution in [2.45, 2.75) is 19.3 Å². The number of hydrogen-bond donors (Lipinski definition) is 2. The molecule has 5 heteroatoms. The molecule has 4 nitrogen and oxygen atoms in total. The van der Waals surface area contributed by atoms with Crippen LogP contribution in [0.25, 0.3) is 0 Å². The fourth-order valence-corrected chi connectivity index (χ4v) is 0.716. The van der Waals surface area contributed by atoms with E-state index in [9.17, 15) is 4.79 Å². The van der Waals surface area contributed by atoms with E-state index in [0.717, 1.165) is 0 Å². The SMILES string of the molecule is O=C(O)CCCC(Br)=NO. The molecule has 0 radical (unpaired) electrons. The molecular formula is C5H8BrNO3. The molecule has 0 spiro atoms. The fraction of sp³-hybridized carbons (Fsp3) is 0.600. The second kappa shape index (κ2) is 5.22. The van der Waals surface area contributed by atoms with Crippen LogP contribution in [0, 0.1) is 0 Å². The number of hydrogen-bond acceptors (Lipinski definition) is 3. The van der Waals surface area contributed by atoms with Crippen LogP contribution in [-0.2, 0) is 4.79 Å². The highest BCUT2D eigenvalue weighted by Crippen LogP contribution is 2.02. The molecule has 2 N–H and O–H groups in total. The number of nitrogens with zero attached hydrogens (tertiary/aromatic N) is 1. The number of carbonyl (C=O) groups is 1. The second-order valence-electron chi connectivity index (χ2n) is 1.72. The third kappa shape index (κ3) is 5.55. The molecule has 0 amide bonds. The van der Waals surface area contributed by atoms with Crippen LogP contribution in [0.1, 0.15) is 19.3 Å². The van der Waals surface area contributed by atoms with Gasteiger partial charge in [0.15, 0.2) is 0 Å². The van der Waals surface area contributed by atoms with Gasteiger partial charge in [-0.05, 0) is 22.4 Å². The third-order valence-corrected chi connectivity index (χ3v) is 1.44. The van der Waals surface area contributed by atoms with Crippen molar-refractivity contribution in [2.75, 3.05) is 0 Å². The predicted octanol–water partition coefficient (Wildman–Crippen LogP) is 1.42. The number of carboxylic acid groups (broad SMARTS) is 1. The number of rotatable bonds is 4. The van der Waals surface area contributed by atoms with Crippen molar-refractivity contribution >= 4 is 26.5 Å². The van der Waals surface area contributed by atoms with Crippen molar-refractivity contribution in [1.29, 1.82) is 0 Å². The Balaban J connectivity index is 3.29. The van der Waals surface area contributed by atoms with E-state index in [4.69, 9.17) is 10.3 Å². The molecule has 58 valence electrons. The molecule has 0 aliphatic carbocycles. The van der Waals surface area contributed by atoms with E-state index >= 15 is 0 Å². The lowest BCUT2D eigenvalue weighted by Gasteiger charge is -1.92. The topological polar surface area (TPSA) is 69.9 Å². The van der Waals surface area contributed by atoms with Crippen LogP contribution in [-0.4, -0.2) is 20.9 Å². The molecule has 0 saturated heterocycles. The van der Waals surface area contributed by atoms with Gasteiger partial charge in [-0.1, -0.05) is 5.16 Å². The number of carboxylic acids is 1. The molecule has 0 aliphatic heterocycles. The van der Waals surface area contributed by atoms with Gasteiger partial charge in [-0.25, -0.2) is 0 Å². The zero-order valence-corrected chi connectivity index (χ0v) is 6.84. The molecule has 0 aromatic rings. The molecule has 0 heterocycles. The molecule has 0 rings (SSSR count). The van der Waals surface area contributed by atoms with Crippen LogP contribution >= 0.6 is 15.9 Å². The van der Waals surface area contributed by atoms with E-state index in [-0.39, 0.29) is 6.42 Å². The first-order valence-electron chi connectivity index (χ1n) is 2.75. The van der Waals surface area contributed by atoms with Gasteiger partial charge in [0.2, 0.25) is 0 Å².